The first-order chi connectivity index (χ1) is 9.93. The molecule has 2 aliphatic heterocycles. The molecule has 0 radical (unpaired) electrons. The molecular formula is C15H31N3O2S. The average Bonchev–Trinajstić information content (AvgIpc) is 2.48. The summed E-state index contributed by atoms with van der Waals surface area (Å²) in [7, 11) is -3.06. The van der Waals surface area contributed by atoms with Crippen molar-refractivity contribution >= 4 is 10.0 Å². The second-order valence-corrected chi connectivity index (χ2v) is 8.90. The molecule has 2 heterocycles. The predicted octanol–water partition coefficient (Wildman–Crippen LogP) is 1.25. The first-order valence-electron chi connectivity index (χ1n) is 8.36. The van der Waals surface area contributed by atoms with Gasteiger partial charge in [0.2, 0.25) is 10.0 Å². The topological polar surface area (TPSA) is 66.6 Å². The molecule has 124 valence electrons. The minimum Gasteiger partial charge on any atom is -0.329 e. The van der Waals surface area contributed by atoms with Crippen LogP contribution in [0.25, 0.3) is 0 Å². The molecule has 2 fully saturated rings. The number of likely N-dealkylation sites (tertiary alicyclic amines) is 1. The van der Waals surface area contributed by atoms with Crippen LogP contribution in [0.2, 0.25) is 0 Å². The van der Waals surface area contributed by atoms with Crippen LogP contribution in [0.15, 0.2) is 0 Å². The molecule has 0 atom stereocenters. The Hall–Kier alpha value is -0.170. The van der Waals surface area contributed by atoms with Crippen molar-refractivity contribution in [2.75, 3.05) is 38.5 Å². The summed E-state index contributed by atoms with van der Waals surface area (Å²) in [6, 6.07) is 0. The van der Waals surface area contributed by atoms with Crippen molar-refractivity contribution < 1.29 is 8.42 Å². The Morgan fingerprint density at radius 2 is 1.71 bits per heavy atom. The monoisotopic (exact) mass is 317 g/mol. The van der Waals surface area contributed by atoms with Gasteiger partial charge < -0.3 is 5.73 Å². The average molecular weight is 317 g/mol. The second kappa shape index (κ2) is 6.94. The SMILES string of the molecule is CCCS(=O)(=O)N1CCC(CN)(N2CCC(C)CC2)CC1. The Morgan fingerprint density at radius 3 is 2.19 bits per heavy atom. The normalized spacial score (nSPS) is 26.0. The van der Waals surface area contributed by atoms with Crippen LogP contribution in [0.3, 0.4) is 0 Å². The first kappa shape index (κ1) is 17.2. The van der Waals surface area contributed by atoms with E-state index in [9.17, 15) is 8.42 Å². The fourth-order valence-electron chi connectivity index (χ4n) is 3.70. The fourth-order valence-corrected chi connectivity index (χ4v) is 5.21. The lowest BCUT2D eigenvalue weighted by molar-refractivity contribution is 0.0210. The lowest BCUT2D eigenvalue weighted by Crippen LogP contribution is -2.61. The first-order valence-corrected chi connectivity index (χ1v) is 9.97. The highest BCUT2D eigenvalue weighted by Crippen LogP contribution is 2.32. The van der Waals surface area contributed by atoms with Crippen molar-refractivity contribution in [2.24, 2.45) is 11.7 Å². The Morgan fingerprint density at radius 1 is 1.14 bits per heavy atom. The fraction of sp³-hybridized carbons (Fsp3) is 1.00. The molecule has 2 rings (SSSR count). The minimum absolute atomic E-state index is 0.0262. The molecule has 5 nitrogen and oxygen atoms in total. The van der Waals surface area contributed by atoms with Crippen LogP contribution >= 0.6 is 0 Å². The van der Waals surface area contributed by atoms with Gasteiger partial charge in [0.1, 0.15) is 0 Å². The van der Waals surface area contributed by atoms with E-state index in [1.165, 1.54) is 12.8 Å². The zero-order valence-corrected chi connectivity index (χ0v) is 14.4. The smallest absolute Gasteiger partial charge is 0.214 e. The van der Waals surface area contributed by atoms with Crippen LogP contribution in [-0.2, 0) is 10.0 Å². The van der Waals surface area contributed by atoms with Gasteiger partial charge in [0, 0.05) is 25.2 Å². The Balaban J connectivity index is 1.99. The number of sulfonamides is 1. The maximum atomic E-state index is 12.2. The third kappa shape index (κ3) is 3.78. The zero-order valence-electron chi connectivity index (χ0n) is 13.6. The van der Waals surface area contributed by atoms with Gasteiger partial charge in [-0.25, -0.2) is 12.7 Å². The summed E-state index contributed by atoms with van der Waals surface area (Å²) < 4.78 is 26.0. The van der Waals surface area contributed by atoms with Gasteiger partial charge in [0.15, 0.2) is 0 Å². The molecule has 2 saturated heterocycles. The number of hydrogen-bond donors (Lipinski definition) is 1. The van der Waals surface area contributed by atoms with Gasteiger partial charge in [-0.2, -0.15) is 0 Å². The number of piperidine rings is 2. The summed E-state index contributed by atoms with van der Waals surface area (Å²) in [5.41, 5.74) is 6.13. The van der Waals surface area contributed by atoms with Gasteiger partial charge in [-0.15, -0.1) is 0 Å². The summed E-state index contributed by atoms with van der Waals surface area (Å²) in [6.45, 7) is 8.35. The van der Waals surface area contributed by atoms with Gasteiger partial charge in [-0.05, 0) is 51.1 Å². The van der Waals surface area contributed by atoms with E-state index in [0.29, 0.717) is 26.1 Å². The van der Waals surface area contributed by atoms with Crippen molar-refractivity contribution in [2.45, 2.75) is 51.5 Å². The molecule has 0 bridgehead atoms. The molecule has 0 aliphatic carbocycles. The molecule has 0 spiro atoms. The van der Waals surface area contributed by atoms with E-state index in [1.54, 1.807) is 4.31 Å². The van der Waals surface area contributed by atoms with Crippen molar-refractivity contribution in [3.05, 3.63) is 0 Å². The van der Waals surface area contributed by atoms with Crippen molar-refractivity contribution in [1.82, 2.24) is 9.21 Å². The molecule has 21 heavy (non-hydrogen) atoms. The van der Waals surface area contributed by atoms with E-state index < -0.39 is 10.0 Å². The summed E-state index contributed by atoms with van der Waals surface area (Å²) in [5, 5.41) is 0. The van der Waals surface area contributed by atoms with Crippen LogP contribution in [0.4, 0.5) is 0 Å². The predicted molar refractivity (Wildman–Crippen MR) is 86.6 cm³/mol. The third-order valence-electron chi connectivity index (χ3n) is 5.34. The number of rotatable bonds is 5. The molecular weight excluding hydrogens is 286 g/mol. The molecule has 2 N–H and O–H groups in total. The third-order valence-corrected chi connectivity index (χ3v) is 7.42. The highest BCUT2D eigenvalue weighted by Gasteiger charge is 2.41. The summed E-state index contributed by atoms with van der Waals surface area (Å²) in [6.07, 6.45) is 4.91. The van der Waals surface area contributed by atoms with Crippen LogP contribution in [0.5, 0.6) is 0 Å². The van der Waals surface area contributed by atoms with Gasteiger partial charge in [-0.1, -0.05) is 13.8 Å². The summed E-state index contributed by atoms with van der Waals surface area (Å²) in [5.74, 6) is 1.07. The summed E-state index contributed by atoms with van der Waals surface area (Å²) in [4.78, 5) is 2.54. The maximum Gasteiger partial charge on any atom is 0.214 e. The molecule has 0 saturated carbocycles. The standard InChI is InChI=1S/C15H31N3O2S/c1-3-12-21(19,20)18-10-6-15(13-16,7-11-18)17-8-4-14(2)5-9-17/h14H,3-13,16H2,1-2H3. The maximum absolute atomic E-state index is 12.2. The number of nitrogens with zero attached hydrogens (tertiary/aromatic N) is 2. The number of hydrogen-bond acceptors (Lipinski definition) is 4. The Bertz CT molecular complexity index is 422. The van der Waals surface area contributed by atoms with Crippen molar-refractivity contribution in [1.29, 1.82) is 0 Å². The Labute approximate surface area is 129 Å². The van der Waals surface area contributed by atoms with E-state index in [4.69, 9.17) is 5.73 Å². The van der Waals surface area contributed by atoms with Crippen LogP contribution < -0.4 is 5.73 Å². The number of nitrogens with two attached hydrogens (primary N) is 1. The van der Waals surface area contributed by atoms with E-state index in [1.807, 2.05) is 6.92 Å². The second-order valence-electron chi connectivity index (χ2n) is 6.81. The lowest BCUT2D eigenvalue weighted by Gasteiger charge is -2.50. The Kier molecular flexibility index (Phi) is 5.68. The highest BCUT2D eigenvalue weighted by atomic mass is 32.2. The lowest BCUT2D eigenvalue weighted by atomic mass is 9.83. The zero-order chi connectivity index (χ0) is 15.5. The quantitative estimate of drug-likeness (QED) is 0.829. The van der Waals surface area contributed by atoms with Gasteiger partial charge in [0.05, 0.1) is 5.75 Å². The van der Waals surface area contributed by atoms with Gasteiger partial charge in [-0.3, -0.25) is 4.90 Å². The minimum atomic E-state index is -3.06. The van der Waals surface area contributed by atoms with Crippen LogP contribution in [0.1, 0.15) is 46.0 Å². The van der Waals surface area contributed by atoms with E-state index in [-0.39, 0.29) is 11.3 Å². The molecule has 2 aliphatic rings. The highest BCUT2D eigenvalue weighted by molar-refractivity contribution is 7.89. The van der Waals surface area contributed by atoms with Crippen molar-refractivity contribution in [3.63, 3.8) is 0 Å². The van der Waals surface area contributed by atoms with Gasteiger partial charge >= 0.3 is 0 Å². The molecule has 0 unspecified atom stereocenters. The van der Waals surface area contributed by atoms with E-state index >= 15 is 0 Å². The van der Waals surface area contributed by atoms with Crippen LogP contribution in [0, 0.1) is 5.92 Å². The molecule has 0 aromatic carbocycles. The van der Waals surface area contributed by atoms with E-state index in [0.717, 1.165) is 31.8 Å². The van der Waals surface area contributed by atoms with E-state index in [2.05, 4.69) is 11.8 Å². The summed E-state index contributed by atoms with van der Waals surface area (Å²) >= 11 is 0. The van der Waals surface area contributed by atoms with Gasteiger partial charge in [0.25, 0.3) is 0 Å². The molecule has 6 heteroatoms. The molecule has 0 amide bonds. The van der Waals surface area contributed by atoms with Crippen LogP contribution in [-0.4, -0.2) is 61.6 Å². The largest absolute Gasteiger partial charge is 0.329 e. The molecule has 0 aromatic heterocycles. The molecule has 0 aromatic rings. The van der Waals surface area contributed by atoms with Crippen molar-refractivity contribution in [3.8, 4) is 0 Å².